The molecule has 2 aromatic heterocycles. The number of benzene rings is 1. The molecule has 1 aliphatic rings. The van der Waals surface area contributed by atoms with E-state index in [2.05, 4.69) is 10.3 Å². The molecule has 0 aliphatic heterocycles. The smallest absolute Gasteiger partial charge is 0.416 e. The van der Waals surface area contributed by atoms with E-state index in [0.717, 1.165) is 43.4 Å². The van der Waals surface area contributed by atoms with Crippen molar-refractivity contribution in [1.82, 2.24) is 14.9 Å². The van der Waals surface area contributed by atoms with Gasteiger partial charge in [0, 0.05) is 24.8 Å². The van der Waals surface area contributed by atoms with Crippen LogP contribution in [0, 0.1) is 5.92 Å². The van der Waals surface area contributed by atoms with E-state index in [-0.39, 0.29) is 18.4 Å². The maximum atomic E-state index is 12.8. The van der Waals surface area contributed by atoms with E-state index in [4.69, 9.17) is 5.11 Å². The van der Waals surface area contributed by atoms with Crippen molar-refractivity contribution in [3.8, 4) is 0 Å². The second-order valence-electron chi connectivity index (χ2n) is 8.72. The van der Waals surface area contributed by atoms with Gasteiger partial charge in [-0.05, 0) is 48.6 Å². The van der Waals surface area contributed by atoms with Crippen molar-refractivity contribution in [2.45, 2.75) is 51.2 Å². The Kier molecular flexibility index (Phi) is 9.06. The Morgan fingerprint density at radius 1 is 1.11 bits per heavy atom. The lowest BCUT2D eigenvalue weighted by Gasteiger charge is -2.16. The summed E-state index contributed by atoms with van der Waals surface area (Å²) in [6, 6.07) is 6.59. The molecule has 2 heterocycles. The van der Waals surface area contributed by atoms with Crippen LogP contribution < -0.4 is 5.32 Å². The number of nitrogens with zero attached hydrogens (tertiary/aromatic N) is 2. The number of carboxylic acid groups (broad SMARTS) is 1. The number of aliphatic carboxylic acids is 1. The van der Waals surface area contributed by atoms with Crippen LogP contribution in [0.25, 0.3) is 11.0 Å². The number of rotatable bonds is 6. The molecule has 10 heteroatoms. The SMILES string of the molecule is CNC(=O)c1cn(CCF)c2nccc(Cc3ccc(C(F)(F)F)cc3)c12.O=C(O)C1CCCCC1. The van der Waals surface area contributed by atoms with Crippen molar-refractivity contribution >= 4 is 22.9 Å². The molecule has 6 nitrogen and oxygen atoms in total. The third-order valence-electron chi connectivity index (χ3n) is 6.27. The molecule has 1 fully saturated rings. The van der Waals surface area contributed by atoms with Gasteiger partial charge in [0.25, 0.3) is 5.91 Å². The summed E-state index contributed by atoms with van der Waals surface area (Å²) >= 11 is 0. The molecule has 2 N–H and O–H groups in total. The third-order valence-corrected chi connectivity index (χ3v) is 6.27. The first-order valence-electron chi connectivity index (χ1n) is 11.8. The topological polar surface area (TPSA) is 84.2 Å². The number of halogens is 4. The highest BCUT2D eigenvalue weighted by molar-refractivity contribution is 6.07. The van der Waals surface area contributed by atoms with Crippen molar-refractivity contribution in [2.75, 3.05) is 13.7 Å². The van der Waals surface area contributed by atoms with Crippen LogP contribution >= 0.6 is 0 Å². The van der Waals surface area contributed by atoms with Crippen LogP contribution in [0.1, 0.15) is 59.2 Å². The first kappa shape index (κ1) is 27.2. The highest BCUT2D eigenvalue weighted by Crippen LogP contribution is 2.30. The zero-order valence-corrected chi connectivity index (χ0v) is 19.9. The third kappa shape index (κ3) is 6.61. The number of hydrogen-bond donors (Lipinski definition) is 2. The van der Waals surface area contributed by atoms with Gasteiger partial charge in [0.05, 0.1) is 23.6 Å². The zero-order valence-electron chi connectivity index (χ0n) is 19.9. The second kappa shape index (κ2) is 12.0. The molecule has 0 spiro atoms. The molecule has 36 heavy (non-hydrogen) atoms. The predicted octanol–water partition coefficient (Wildman–Crippen LogP) is 5.63. The number of carbonyl (C=O) groups is 2. The molecule has 0 saturated heterocycles. The van der Waals surface area contributed by atoms with E-state index in [1.54, 1.807) is 23.0 Å². The fraction of sp³-hybridized carbons (Fsp3) is 0.423. The normalized spacial score (nSPS) is 14.2. The van der Waals surface area contributed by atoms with Gasteiger partial charge in [-0.15, -0.1) is 0 Å². The van der Waals surface area contributed by atoms with Gasteiger partial charge in [-0.1, -0.05) is 31.4 Å². The van der Waals surface area contributed by atoms with Crippen molar-refractivity contribution in [3.05, 3.63) is 65.0 Å². The standard InChI is InChI=1S/C19H17F4N3O.C7H12O2/c1-24-18(27)15-11-26(9-7-20)17-16(15)13(6-8-25-17)10-12-2-4-14(5-3-12)19(21,22)23;8-7(9)6-4-2-1-3-5-6/h2-6,8,11H,7,9-10H2,1H3,(H,24,27);6H,1-5H2,(H,8,9). The van der Waals surface area contributed by atoms with Crippen molar-refractivity contribution in [1.29, 1.82) is 0 Å². The number of carbonyl (C=O) groups excluding carboxylic acids is 1. The minimum absolute atomic E-state index is 0.0289. The van der Waals surface area contributed by atoms with E-state index >= 15 is 0 Å². The quantitative estimate of drug-likeness (QED) is 0.424. The predicted molar refractivity (Wildman–Crippen MR) is 128 cm³/mol. The summed E-state index contributed by atoms with van der Waals surface area (Å²) in [6.45, 7) is -0.550. The highest BCUT2D eigenvalue weighted by Gasteiger charge is 2.30. The molecule has 0 unspecified atom stereocenters. The molecule has 194 valence electrons. The number of pyridine rings is 1. The number of alkyl halides is 4. The van der Waals surface area contributed by atoms with Crippen LogP contribution in [0.4, 0.5) is 17.6 Å². The van der Waals surface area contributed by atoms with Crippen LogP contribution in [0.2, 0.25) is 0 Å². The summed E-state index contributed by atoms with van der Waals surface area (Å²) in [7, 11) is 1.49. The Hall–Kier alpha value is -3.43. The summed E-state index contributed by atoms with van der Waals surface area (Å²) in [5.74, 6) is -0.965. The van der Waals surface area contributed by atoms with Gasteiger partial charge in [-0.2, -0.15) is 13.2 Å². The van der Waals surface area contributed by atoms with Gasteiger partial charge >= 0.3 is 12.1 Å². The Morgan fingerprint density at radius 2 is 1.78 bits per heavy atom. The number of carboxylic acids is 1. The molecule has 1 saturated carbocycles. The molecule has 1 aliphatic carbocycles. The lowest BCUT2D eigenvalue weighted by molar-refractivity contribution is -0.142. The van der Waals surface area contributed by atoms with E-state index in [1.807, 2.05) is 0 Å². The van der Waals surface area contributed by atoms with Gasteiger partial charge in [0.2, 0.25) is 0 Å². The van der Waals surface area contributed by atoms with Crippen LogP contribution in [0.5, 0.6) is 0 Å². The van der Waals surface area contributed by atoms with Crippen LogP contribution in [-0.2, 0) is 23.9 Å². The largest absolute Gasteiger partial charge is 0.481 e. The molecule has 0 radical (unpaired) electrons. The first-order valence-corrected chi connectivity index (χ1v) is 11.8. The molecule has 1 amide bonds. The van der Waals surface area contributed by atoms with Crippen LogP contribution in [0.3, 0.4) is 0 Å². The molecule has 0 atom stereocenters. The Morgan fingerprint density at radius 3 is 2.31 bits per heavy atom. The van der Waals surface area contributed by atoms with Gasteiger partial charge < -0.3 is 15.0 Å². The molecule has 0 bridgehead atoms. The average Bonchev–Trinajstić information content (AvgIpc) is 3.24. The van der Waals surface area contributed by atoms with Gasteiger partial charge in [0.1, 0.15) is 12.3 Å². The fourth-order valence-electron chi connectivity index (χ4n) is 4.38. The Bertz CT molecular complexity index is 1180. The van der Waals surface area contributed by atoms with Crippen molar-refractivity contribution in [2.24, 2.45) is 5.92 Å². The van der Waals surface area contributed by atoms with E-state index in [9.17, 15) is 27.2 Å². The first-order chi connectivity index (χ1) is 17.2. The monoisotopic (exact) mass is 507 g/mol. The number of hydrogen-bond acceptors (Lipinski definition) is 3. The second-order valence-corrected chi connectivity index (χ2v) is 8.72. The van der Waals surface area contributed by atoms with E-state index in [0.29, 0.717) is 28.6 Å². The summed E-state index contributed by atoms with van der Waals surface area (Å²) < 4.78 is 52.6. The summed E-state index contributed by atoms with van der Waals surface area (Å²) in [5.41, 5.74) is 1.51. The van der Waals surface area contributed by atoms with Crippen LogP contribution in [-0.4, -0.2) is 40.3 Å². The van der Waals surface area contributed by atoms with Crippen molar-refractivity contribution < 1.29 is 32.3 Å². The van der Waals surface area contributed by atoms with Gasteiger partial charge in [-0.3, -0.25) is 9.59 Å². The van der Waals surface area contributed by atoms with Gasteiger partial charge in [-0.25, -0.2) is 9.37 Å². The molecular formula is C26H29F4N3O3. The number of nitrogens with one attached hydrogen (secondary N) is 1. The lowest BCUT2D eigenvalue weighted by atomic mass is 9.90. The lowest BCUT2D eigenvalue weighted by Crippen LogP contribution is -2.17. The zero-order chi connectivity index (χ0) is 26.3. The summed E-state index contributed by atoms with van der Waals surface area (Å²) in [4.78, 5) is 26.8. The number of amides is 1. The maximum Gasteiger partial charge on any atom is 0.416 e. The maximum absolute atomic E-state index is 12.8. The Balaban J connectivity index is 0.000000338. The van der Waals surface area contributed by atoms with Crippen molar-refractivity contribution in [3.63, 3.8) is 0 Å². The molecule has 4 rings (SSSR count). The van der Waals surface area contributed by atoms with E-state index < -0.39 is 24.4 Å². The molecule has 1 aromatic carbocycles. The van der Waals surface area contributed by atoms with E-state index in [1.165, 1.54) is 25.6 Å². The minimum atomic E-state index is -4.39. The minimum Gasteiger partial charge on any atom is -0.481 e. The number of fused-ring (bicyclic) bond motifs is 1. The number of aromatic nitrogens is 2. The summed E-state index contributed by atoms with van der Waals surface area (Å²) in [5, 5.41) is 11.7. The average molecular weight is 508 g/mol. The summed E-state index contributed by atoms with van der Waals surface area (Å²) in [6.07, 6.45) is 4.26. The highest BCUT2D eigenvalue weighted by atomic mass is 19.4. The van der Waals surface area contributed by atoms with Gasteiger partial charge in [0.15, 0.2) is 0 Å². The number of aryl methyl sites for hydroxylation is 1. The molecular weight excluding hydrogens is 478 g/mol. The Labute approximate surface area is 206 Å². The van der Waals surface area contributed by atoms with Crippen LogP contribution in [0.15, 0.2) is 42.7 Å². The molecule has 3 aromatic rings. The fourth-order valence-corrected chi connectivity index (χ4v) is 4.38.